The molecule has 0 bridgehead atoms. The first kappa shape index (κ1) is 23.0. The van der Waals surface area contributed by atoms with Crippen molar-refractivity contribution in [3.05, 3.63) is 81.6 Å². The van der Waals surface area contributed by atoms with Crippen LogP contribution in [0.2, 0.25) is 5.02 Å². The number of carbonyl (C=O) groups excluding carboxylic acids is 3. The van der Waals surface area contributed by atoms with E-state index in [0.717, 1.165) is 16.8 Å². The maximum Gasteiger partial charge on any atom is 0.416 e. The quantitative estimate of drug-likeness (QED) is 0.349. The molecule has 11 heteroatoms. The van der Waals surface area contributed by atoms with Crippen LogP contribution in [0.25, 0.3) is 5.69 Å². The lowest BCUT2D eigenvalue weighted by molar-refractivity contribution is -0.137. The molecule has 166 valence electrons. The largest absolute Gasteiger partial charge is 0.416 e. The smallest absolute Gasteiger partial charge is 0.283 e. The monoisotopic (exact) mass is 464 g/mol. The fourth-order valence-corrected chi connectivity index (χ4v) is 3.21. The Kier molecular flexibility index (Phi) is 6.35. The second-order valence-electron chi connectivity index (χ2n) is 6.75. The van der Waals surface area contributed by atoms with Crippen molar-refractivity contribution in [1.29, 1.82) is 0 Å². The molecule has 1 heterocycles. The molecule has 3 aromatic rings. The molecule has 0 spiro atoms. The molecule has 0 radical (unpaired) electrons. The SMILES string of the molecule is Cc1nn(-c2cccc(C(F)(F)F)c2)c(C)c1C(=O)C(=O)NNC(=O)c1cccc(Cl)c1. The molecule has 7 nitrogen and oxygen atoms in total. The molecule has 2 N–H and O–H groups in total. The molecule has 0 aliphatic heterocycles. The van der Waals surface area contributed by atoms with E-state index in [9.17, 15) is 27.6 Å². The van der Waals surface area contributed by atoms with Crippen LogP contribution >= 0.6 is 11.6 Å². The Morgan fingerprint density at radius 1 is 1.00 bits per heavy atom. The van der Waals surface area contributed by atoms with E-state index < -0.39 is 29.3 Å². The second kappa shape index (κ2) is 8.83. The number of alkyl halides is 3. The zero-order valence-electron chi connectivity index (χ0n) is 16.7. The topological polar surface area (TPSA) is 93.1 Å². The van der Waals surface area contributed by atoms with E-state index in [0.29, 0.717) is 5.02 Å². The summed E-state index contributed by atoms with van der Waals surface area (Å²) >= 11 is 5.81. The molecule has 0 aliphatic rings. The number of benzene rings is 2. The average molecular weight is 465 g/mol. The number of aromatic nitrogens is 2. The molecule has 3 rings (SSSR count). The van der Waals surface area contributed by atoms with Gasteiger partial charge < -0.3 is 0 Å². The van der Waals surface area contributed by atoms with Crippen LogP contribution in [0.3, 0.4) is 0 Å². The van der Waals surface area contributed by atoms with E-state index in [4.69, 9.17) is 11.6 Å². The van der Waals surface area contributed by atoms with Gasteiger partial charge in [0.25, 0.3) is 11.7 Å². The standard InChI is InChI=1S/C21H16ClF3N4O3/c1-11-17(12(2)29(28-11)16-8-4-6-14(10-16)21(23,24)25)18(30)20(32)27-26-19(31)13-5-3-7-15(22)9-13/h3-10H,1-2H3,(H,26,31)(H,27,32). The summed E-state index contributed by atoms with van der Waals surface area (Å²) in [5.74, 6) is -2.85. The first-order chi connectivity index (χ1) is 15.0. The van der Waals surface area contributed by atoms with Gasteiger partial charge in [0, 0.05) is 10.6 Å². The van der Waals surface area contributed by atoms with Gasteiger partial charge >= 0.3 is 12.1 Å². The third-order valence-electron chi connectivity index (χ3n) is 4.52. The van der Waals surface area contributed by atoms with Gasteiger partial charge in [-0.05, 0) is 50.2 Å². The highest BCUT2D eigenvalue weighted by molar-refractivity contribution is 6.43. The highest BCUT2D eigenvalue weighted by atomic mass is 35.5. The van der Waals surface area contributed by atoms with Crippen LogP contribution in [0.1, 0.15) is 37.7 Å². The zero-order chi connectivity index (χ0) is 23.6. The van der Waals surface area contributed by atoms with Crippen LogP contribution in [0.5, 0.6) is 0 Å². The van der Waals surface area contributed by atoms with Crippen molar-refractivity contribution in [2.24, 2.45) is 0 Å². The van der Waals surface area contributed by atoms with Gasteiger partial charge in [-0.1, -0.05) is 23.7 Å². The molecule has 1 aromatic heterocycles. The third-order valence-corrected chi connectivity index (χ3v) is 4.75. The summed E-state index contributed by atoms with van der Waals surface area (Å²) in [5.41, 5.74) is 3.71. The molecule has 0 aliphatic carbocycles. The summed E-state index contributed by atoms with van der Waals surface area (Å²) in [6, 6.07) is 10.4. The lowest BCUT2D eigenvalue weighted by Crippen LogP contribution is -2.45. The van der Waals surface area contributed by atoms with Crippen molar-refractivity contribution in [3.8, 4) is 5.69 Å². The number of rotatable bonds is 4. The molecule has 0 unspecified atom stereocenters. The molecule has 0 atom stereocenters. The van der Waals surface area contributed by atoms with Gasteiger partial charge in [-0.3, -0.25) is 25.2 Å². The minimum Gasteiger partial charge on any atom is -0.283 e. The van der Waals surface area contributed by atoms with Crippen LogP contribution in [-0.2, 0) is 11.0 Å². The maximum absolute atomic E-state index is 13.0. The zero-order valence-corrected chi connectivity index (χ0v) is 17.5. The average Bonchev–Trinajstić information content (AvgIpc) is 3.04. The Morgan fingerprint density at radius 3 is 2.34 bits per heavy atom. The first-order valence-electron chi connectivity index (χ1n) is 9.13. The number of ketones is 1. The van der Waals surface area contributed by atoms with Crippen LogP contribution in [0, 0.1) is 13.8 Å². The van der Waals surface area contributed by atoms with Gasteiger partial charge in [-0.25, -0.2) is 4.68 Å². The number of amides is 2. The molecule has 0 saturated heterocycles. The fraction of sp³-hybridized carbons (Fsp3) is 0.143. The highest BCUT2D eigenvalue weighted by Gasteiger charge is 2.31. The lowest BCUT2D eigenvalue weighted by atomic mass is 10.1. The van der Waals surface area contributed by atoms with Gasteiger partial charge in [-0.15, -0.1) is 0 Å². The second-order valence-corrected chi connectivity index (χ2v) is 7.19. The lowest BCUT2D eigenvalue weighted by Gasteiger charge is -2.10. The van der Waals surface area contributed by atoms with E-state index in [1.54, 1.807) is 12.1 Å². The maximum atomic E-state index is 13.0. The highest BCUT2D eigenvalue weighted by Crippen LogP contribution is 2.31. The summed E-state index contributed by atoms with van der Waals surface area (Å²) in [6.07, 6.45) is -4.55. The van der Waals surface area contributed by atoms with Crippen molar-refractivity contribution >= 4 is 29.2 Å². The Bertz CT molecular complexity index is 1220. The number of nitrogens with one attached hydrogen (secondary N) is 2. The molecular formula is C21H16ClF3N4O3. The molecule has 2 amide bonds. The van der Waals surface area contributed by atoms with Gasteiger partial charge in [0.15, 0.2) is 0 Å². The summed E-state index contributed by atoms with van der Waals surface area (Å²) in [5, 5.41) is 4.42. The number of hydrazine groups is 1. The van der Waals surface area contributed by atoms with Gasteiger partial charge in [0.05, 0.1) is 28.2 Å². The van der Waals surface area contributed by atoms with Crippen molar-refractivity contribution < 1.29 is 27.6 Å². The number of hydrogen-bond acceptors (Lipinski definition) is 4. The van der Waals surface area contributed by atoms with Gasteiger partial charge in [-0.2, -0.15) is 18.3 Å². The predicted molar refractivity (Wildman–Crippen MR) is 109 cm³/mol. The summed E-state index contributed by atoms with van der Waals surface area (Å²) in [6.45, 7) is 2.90. The predicted octanol–water partition coefficient (Wildman–Crippen LogP) is 3.81. The molecule has 32 heavy (non-hydrogen) atoms. The Hall–Kier alpha value is -3.66. The number of halogens is 4. The van der Waals surface area contributed by atoms with E-state index in [2.05, 4.69) is 10.5 Å². The Labute approximate surface area is 185 Å². The molecule has 0 fully saturated rings. The van der Waals surface area contributed by atoms with Crippen molar-refractivity contribution in [3.63, 3.8) is 0 Å². The summed E-state index contributed by atoms with van der Waals surface area (Å²) in [4.78, 5) is 37.0. The van der Waals surface area contributed by atoms with E-state index in [1.807, 2.05) is 5.43 Å². The number of nitrogens with zero attached hydrogens (tertiary/aromatic N) is 2. The Morgan fingerprint density at radius 2 is 1.69 bits per heavy atom. The number of aryl methyl sites for hydroxylation is 1. The van der Waals surface area contributed by atoms with E-state index in [1.165, 1.54) is 38.1 Å². The Balaban J connectivity index is 1.80. The van der Waals surface area contributed by atoms with Crippen molar-refractivity contribution in [2.45, 2.75) is 20.0 Å². The molecule has 0 saturated carbocycles. The fourth-order valence-electron chi connectivity index (χ4n) is 3.02. The summed E-state index contributed by atoms with van der Waals surface area (Å²) in [7, 11) is 0. The van der Waals surface area contributed by atoms with E-state index in [-0.39, 0.29) is 28.2 Å². The minimum absolute atomic E-state index is 0.0779. The van der Waals surface area contributed by atoms with Crippen molar-refractivity contribution in [2.75, 3.05) is 0 Å². The van der Waals surface area contributed by atoms with E-state index >= 15 is 0 Å². The first-order valence-corrected chi connectivity index (χ1v) is 9.51. The van der Waals surface area contributed by atoms with Crippen LogP contribution in [0.15, 0.2) is 48.5 Å². The third kappa shape index (κ3) is 4.80. The van der Waals surface area contributed by atoms with Crippen LogP contribution in [-0.4, -0.2) is 27.4 Å². The van der Waals surface area contributed by atoms with Crippen LogP contribution in [0.4, 0.5) is 13.2 Å². The summed E-state index contributed by atoms with van der Waals surface area (Å²) < 4.78 is 40.2. The van der Waals surface area contributed by atoms with Crippen molar-refractivity contribution in [1.82, 2.24) is 20.6 Å². The van der Waals surface area contributed by atoms with Gasteiger partial charge in [0.2, 0.25) is 0 Å². The van der Waals surface area contributed by atoms with Crippen LogP contribution < -0.4 is 10.9 Å². The number of Topliss-reactive ketones (excluding diaryl/α,β-unsaturated/α-hetero) is 1. The van der Waals surface area contributed by atoms with Gasteiger partial charge in [0.1, 0.15) is 0 Å². The number of hydrogen-bond donors (Lipinski definition) is 2. The number of carbonyl (C=O) groups is 3. The normalized spacial score (nSPS) is 11.2. The molecule has 2 aromatic carbocycles. The molecular weight excluding hydrogens is 449 g/mol. The minimum atomic E-state index is -4.55.